The van der Waals surface area contributed by atoms with Crippen molar-refractivity contribution < 1.29 is 19.0 Å². The van der Waals surface area contributed by atoms with Gasteiger partial charge < -0.3 is 14.2 Å². The zero-order valence-corrected chi connectivity index (χ0v) is 12.0. The second kappa shape index (κ2) is 6.85. The van der Waals surface area contributed by atoms with Gasteiger partial charge in [0.1, 0.15) is 11.5 Å². The lowest BCUT2D eigenvalue weighted by molar-refractivity contribution is 0.0525. The Bertz CT molecular complexity index is 568. The van der Waals surface area contributed by atoms with Crippen molar-refractivity contribution >= 4 is 17.3 Å². The van der Waals surface area contributed by atoms with Crippen LogP contribution in [-0.4, -0.2) is 29.4 Å². The zero-order chi connectivity index (χ0) is 14.4. The minimum absolute atomic E-state index is 0.174. The van der Waals surface area contributed by atoms with Crippen LogP contribution in [0.4, 0.5) is 0 Å². The third kappa shape index (κ3) is 3.67. The average molecular weight is 294 g/mol. The molecule has 0 unspecified atom stereocenters. The van der Waals surface area contributed by atoms with E-state index in [4.69, 9.17) is 14.2 Å². The molecule has 0 amide bonds. The smallest absolute Gasteiger partial charge is 0.369 e. The molecule has 0 atom stereocenters. The Morgan fingerprint density at radius 2 is 1.80 bits per heavy atom. The number of carbonyl (C=O) groups is 1. The Balaban J connectivity index is 2.01. The van der Waals surface area contributed by atoms with Crippen LogP contribution in [0.2, 0.25) is 0 Å². The number of rotatable bonds is 6. The number of benzene rings is 1. The minimum atomic E-state index is -0.494. The summed E-state index contributed by atoms with van der Waals surface area (Å²) >= 11 is 1.04. The molecule has 0 saturated heterocycles. The van der Waals surface area contributed by atoms with Gasteiger partial charge in [0.15, 0.2) is 0 Å². The van der Waals surface area contributed by atoms with Gasteiger partial charge in [0, 0.05) is 0 Å². The molecule has 0 N–H and O–H groups in total. The van der Waals surface area contributed by atoms with Crippen molar-refractivity contribution in [2.45, 2.75) is 13.8 Å². The van der Waals surface area contributed by atoms with Crippen LogP contribution in [0.25, 0.3) is 0 Å². The van der Waals surface area contributed by atoms with Gasteiger partial charge in [-0.1, -0.05) is 5.10 Å². The standard InChI is InChI=1S/C13H14N2O4S/c1-3-17-9-5-7-10(8-6-9)19-13-15-14-11(20-13)12(16)18-4-2/h5-8H,3-4H2,1-2H3. The van der Waals surface area contributed by atoms with Crippen molar-refractivity contribution in [3.8, 4) is 16.7 Å². The van der Waals surface area contributed by atoms with E-state index < -0.39 is 5.97 Å². The molecule has 1 heterocycles. The molecular formula is C13H14N2O4S. The van der Waals surface area contributed by atoms with Gasteiger partial charge in [-0.2, -0.15) is 0 Å². The van der Waals surface area contributed by atoms with E-state index in [9.17, 15) is 4.79 Å². The Labute approximate surface area is 120 Å². The lowest BCUT2D eigenvalue weighted by atomic mass is 10.3. The SMILES string of the molecule is CCOC(=O)c1nnc(Oc2ccc(OCC)cc2)s1. The summed E-state index contributed by atoms with van der Waals surface area (Å²) in [6, 6.07) is 7.12. The van der Waals surface area contributed by atoms with Crippen molar-refractivity contribution in [3.05, 3.63) is 29.3 Å². The highest BCUT2D eigenvalue weighted by atomic mass is 32.1. The fraction of sp³-hybridized carbons (Fsp3) is 0.308. The van der Waals surface area contributed by atoms with Crippen LogP contribution in [0.15, 0.2) is 24.3 Å². The number of carbonyl (C=O) groups excluding carboxylic acids is 1. The van der Waals surface area contributed by atoms with Crippen molar-refractivity contribution in [1.29, 1.82) is 0 Å². The molecule has 2 aromatic rings. The number of esters is 1. The average Bonchev–Trinajstić information content (AvgIpc) is 2.90. The summed E-state index contributed by atoms with van der Waals surface area (Å²) in [5.41, 5.74) is 0. The van der Waals surface area contributed by atoms with Crippen molar-refractivity contribution in [3.63, 3.8) is 0 Å². The molecule has 7 heteroatoms. The molecule has 6 nitrogen and oxygen atoms in total. The number of hydrogen-bond acceptors (Lipinski definition) is 7. The van der Waals surface area contributed by atoms with E-state index in [1.165, 1.54) is 0 Å². The third-order valence-corrected chi connectivity index (χ3v) is 2.98. The molecule has 20 heavy (non-hydrogen) atoms. The number of ether oxygens (including phenoxy) is 3. The first-order chi connectivity index (χ1) is 9.72. The van der Waals surface area contributed by atoms with Gasteiger partial charge >= 0.3 is 5.97 Å². The monoisotopic (exact) mass is 294 g/mol. The van der Waals surface area contributed by atoms with Gasteiger partial charge in [0.25, 0.3) is 5.19 Å². The zero-order valence-electron chi connectivity index (χ0n) is 11.2. The predicted octanol–water partition coefficient (Wildman–Crippen LogP) is 2.91. The van der Waals surface area contributed by atoms with Crippen molar-refractivity contribution in [1.82, 2.24) is 10.2 Å². The molecule has 106 valence electrons. The lowest BCUT2D eigenvalue weighted by Gasteiger charge is -2.04. The number of nitrogens with zero attached hydrogens (tertiary/aromatic N) is 2. The van der Waals surface area contributed by atoms with Crippen LogP contribution >= 0.6 is 11.3 Å². The first-order valence-corrected chi connectivity index (χ1v) is 6.96. The molecule has 1 aromatic heterocycles. The molecule has 2 rings (SSSR count). The Morgan fingerprint density at radius 3 is 2.45 bits per heavy atom. The summed E-state index contributed by atoms with van der Waals surface area (Å²) < 4.78 is 15.7. The fourth-order valence-electron chi connectivity index (χ4n) is 1.40. The summed E-state index contributed by atoms with van der Waals surface area (Å²) in [5, 5.41) is 7.97. The number of aromatic nitrogens is 2. The first kappa shape index (κ1) is 14.3. The highest BCUT2D eigenvalue weighted by Gasteiger charge is 2.14. The fourth-order valence-corrected chi connectivity index (χ4v) is 2.01. The van der Waals surface area contributed by atoms with Gasteiger partial charge in [0.2, 0.25) is 5.01 Å². The second-order valence-electron chi connectivity index (χ2n) is 3.60. The van der Waals surface area contributed by atoms with E-state index in [0.717, 1.165) is 17.1 Å². The maximum Gasteiger partial charge on any atom is 0.369 e. The van der Waals surface area contributed by atoms with E-state index in [-0.39, 0.29) is 10.2 Å². The molecule has 0 spiro atoms. The summed E-state index contributed by atoms with van der Waals surface area (Å²) in [6.45, 7) is 4.56. The van der Waals surface area contributed by atoms with Crippen LogP contribution in [0.5, 0.6) is 16.7 Å². The summed E-state index contributed by atoms with van der Waals surface area (Å²) in [4.78, 5) is 11.4. The van der Waals surface area contributed by atoms with Crippen molar-refractivity contribution in [2.75, 3.05) is 13.2 Å². The first-order valence-electron chi connectivity index (χ1n) is 6.14. The summed E-state index contributed by atoms with van der Waals surface area (Å²) in [5.74, 6) is 0.871. The van der Waals surface area contributed by atoms with Gasteiger partial charge in [0.05, 0.1) is 13.2 Å². The molecule has 0 aliphatic carbocycles. The van der Waals surface area contributed by atoms with Crippen LogP contribution in [-0.2, 0) is 4.74 Å². The molecule has 0 aliphatic heterocycles. The van der Waals surface area contributed by atoms with E-state index in [0.29, 0.717) is 19.0 Å². The number of hydrogen-bond donors (Lipinski definition) is 0. The minimum Gasteiger partial charge on any atom is -0.494 e. The van der Waals surface area contributed by atoms with Gasteiger partial charge in [-0.15, -0.1) is 5.10 Å². The molecular weight excluding hydrogens is 280 g/mol. The van der Waals surface area contributed by atoms with Crippen molar-refractivity contribution in [2.24, 2.45) is 0 Å². The van der Waals surface area contributed by atoms with E-state index in [1.54, 1.807) is 31.2 Å². The summed E-state index contributed by atoms with van der Waals surface area (Å²) in [7, 11) is 0. The third-order valence-electron chi connectivity index (χ3n) is 2.20. The van der Waals surface area contributed by atoms with Crippen LogP contribution < -0.4 is 9.47 Å². The van der Waals surface area contributed by atoms with E-state index >= 15 is 0 Å². The highest BCUT2D eigenvalue weighted by molar-refractivity contribution is 7.14. The maximum absolute atomic E-state index is 11.4. The normalized spacial score (nSPS) is 10.1. The lowest BCUT2D eigenvalue weighted by Crippen LogP contribution is -2.03. The molecule has 0 radical (unpaired) electrons. The van der Waals surface area contributed by atoms with Gasteiger partial charge in [-0.3, -0.25) is 0 Å². The van der Waals surface area contributed by atoms with Crippen LogP contribution in [0.1, 0.15) is 23.6 Å². The Hall–Kier alpha value is -2.15. The van der Waals surface area contributed by atoms with Crippen LogP contribution in [0, 0.1) is 0 Å². The van der Waals surface area contributed by atoms with E-state index in [2.05, 4.69) is 10.2 Å². The largest absolute Gasteiger partial charge is 0.494 e. The molecule has 0 aliphatic rings. The van der Waals surface area contributed by atoms with Gasteiger partial charge in [-0.05, 0) is 49.4 Å². The molecule has 0 bridgehead atoms. The Morgan fingerprint density at radius 1 is 1.10 bits per heavy atom. The summed E-state index contributed by atoms with van der Waals surface area (Å²) in [6.07, 6.45) is 0. The quantitative estimate of drug-likeness (QED) is 0.763. The van der Waals surface area contributed by atoms with Gasteiger partial charge in [-0.25, -0.2) is 4.79 Å². The Kier molecular flexibility index (Phi) is 4.89. The predicted molar refractivity (Wildman–Crippen MR) is 73.6 cm³/mol. The van der Waals surface area contributed by atoms with E-state index in [1.807, 2.05) is 6.92 Å². The molecule has 0 fully saturated rings. The topological polar surface area (TPSA) is 70.5 Å². The maximum atomic E-state index is 11.4. The molecule has 0 saturated carbocycles. The van der Waals surface area contributed by atoms with Crippen LogP contribution in [0.3, 0.4) is 0 Å². The highest BCUT2D eigenvalue weighted by Crippen LogP contribution is 2.26. The molecule has 1 aromatic carbocycles. The second-order valence-corrected chi connectivity index (χ2v) is 4.54.